The van der Waals surface area contributed by atoms with Gasteiger partial charge in [0.1, 0.15) is 5.69 Å². The number of nitrogens with zero attached hydrogens (tertiary/aromatic N) is 2. The summed E-state index contributed by atoms with van der Waals surface area (Å²) in [4.78, 5) is 30.0. The Morgan fingerprint density at radius 2 is 1.78 bits per heavy atom. The van der Waals surface area contributed by atoms with Gasteiger partial charge in [-0.2, -0.15) is 0 Å². The van der Waals surface area contributed by atoms with Crippen LogP contribution in [-0.4, -0.2) is 15.5 Å². The molecule has 32 heavy (non-hydrogen) atoms. The lowest BCUT2D eigenvalue weighted by Crippen LogP contribution is -2.31. The summed E-state index contributed by atoms with van der Waals surface area (Å²) in [5.74, 6) is -0.0689. The van der Waals surface area contributed by atoms with Gasteiger partial charge in [-0.3, -0.25) is 9.59 Å². The predicted molar refractivity (Wildman–Crippen MR) is 126 cm³/mol. The molecule has 1 heterocycles. The largest absolute Gasteiger partial charge is 0.345 e. The number of aromatic nitrogens is 2. The quantitative estimate of drug-likeness (QED) is 0.523. The van der Waals surface area contributed by atoms with E-state index in [1.165, 1.54) is 11.1 Å². The van der Waals surface area contributed by atoms with Gasteiger partial charge >= 0.3 is 0 Å². The molecule has 160 valence electrons. The van der Waals surface area contributed by atoms with Crippen molar-refractivity contribution in [2.45, 2.75) is 38.8 Å². The van der Waals surface area contributed by atoms with Crippen LogP contribution in [-0.2, 0) is 13.0 Å². The molecule has 0 fully saturated rings. The van der Waals surface area contributed by atoms with E-state index >= 15 is 0 Å². The van der Waals surface area contributed by atoms with E-state index in [1.807, 2.05) is 54.6 Å². The molecule has 0 spiro atoms. The first-order valence-electron chi connectivity index (χ1n) is 11.0. The van der Waals surface area contributed by atoms with Crippen molar-refractivity contribution in [2.24, 2.45) is 0 Å². The number of amides is 1. The maximum Gasteiger partial charge on any atom is 0.272 e. The SMILES string of the molecule is Cc1nc2ccccc2n(Cc2ccc(C(=O)NC3CCCc4ccccc43)cc2)c1=O. The standard InChI is InChI=1S/C27H25N3O2/c1-18-27(32)30(25-12-5-4-10-24(25)28-18)17-19-13-15-21(16-14-19)26(31)29-23-11-6-8-20-7-2-3-9-22(20)23/h2-5,7,9-10,12-16,23H,6,8,11,17H2,1H3,(H,29,31). The molecule has 0 radical (unpaired) electrons. The minimum atomic E-state index is -0.0958. The molecule has 1 aliphatic rings. The summed E-state index contributed by atoms with van der Waals surface area (Å²) in [6.45, 7) is 2.17. The third-order valence-electron chi connectivity index (χ3n) is 6.25. The zero-order chi connectivity index (χ0) is 22.1. The van der Waals surface area contributed by atoms with E-state index < -0.39 is 0 Å². The number of para-hydroxylation sites is 2. The van der Waals surface area contributed by atoms with E-state index in [4.69, 9.17) is 0 Å². The van der Waals surface area contributed by atoms with E-state index in [0.717, 1.165) is 35.9 Å². The van der Waals surface area contributed by atoms with E-state index in [-0.39, 0.29) is 17.5 Å². The van der Waals surface area contributed by atoms with Gasteiger partial charge in [0.25, 0.3) is 11.5 Å². The zero-order valence-corrected chi connectivity index (χ0v) is 18.0. The fourth-order valence-corrected chi connectivity index (χ4v) is 4.57. The fourth-order valence-electron chi connectivity index (χ4n) is 4.57. The van der Waals surface area contributed by atoms with Gasteiger partial charge in [-0.1, -0.05) is 48.5 Å². The topological polar surface area (TPSA) is 64.0 Å². The molecule has 5 rings (SSSR count). The van der Waals surface area contributed by atoms with Crippen LogP contribution in [0.2, 0.25) is 0 Å². The molecular formula is C27H25N3O2. The van der Waals surface area contributed by atoms with E-state index in [2.05, 4.69) is 28.5 Å². The number of aryl methyl sites for hydroxylation is 2. The molecule has 1 N–H and O–H groups in total. The summed E-state index contributed by atoms with van der Waals surface area (Å²) in [6, 6.07) is 23.6. The highest BCUT2D eigenvalue weighted by molar-refractivity contribution is 5.94. The molecular weight excluding hydrogens is 398 g/mol. The second-order valence-electron chi connectivity index (χ2n) is 8.39. The first kappa shape index (κ1) is 20.2. The van der Waals surface area contributed by atoms with Crippen molar-refractivity contribution in [1.29, 1.82) is 0 Å². The first-order valence-corrected chi connectivity index (χ1v) is 11.0. The molecule has 5 nitrogen and oxygen atoms in total. The van der Waals surface area contributed by atoms with Crippen molar-refractivity contribution in [1.82, 2.24) is 14.9 Å². The third kappa shape index (κ3) is 3.82. The van der Waals surface area contributed by atoms with Crippen LogP contribution in [0.1, 0.15) is 51.6 Å². The Bertz CT molecular complexity index is 1360. The zero-order valence-electron chi connectivity index (χ0n) is 18.0. The normalized spacial score (nSPS) is 15.3. The molecule has 0 saturated carbocycles. The number of benzene rings is 3. The lowest BCUT2D eigenvalue weighted by atomic mass is 9.87. The van der Waals surface area contributed by atoms with Crippen LogP contribution < -0.4 is 10.9 Å². The number of fused-ring (bicyclic) bond motifs is 2. The highest BCUT2D eigenvalue weighted by Crippen LogP contribution is 2.29. The summed E-state index contributed by atoms with van der Waals surface area (Å²) in [7, 11) is 0. The molecule has 1 amide bonds. The summed E-state index contributed by atoms with van der Waals surface area (Å²) in [6.07, 6.45) is 3.10. The van der Waals surface area contributed by atoms with Crippen molar-refractivity contribution in [3.05, 3.63) is 111 Å². The minimum Gasteiger partial charge on any atom is -0.345 e. The Labute approximate surface area is 186 Å². The van der Waals surface area contributed by atoms with Gasteiger partial charge in [0.2, 0.25) is 0 Å². The summed E-state index contributed by atoms with van der Waals surface area (Å²) in [5.41, 5.74) is 6.12. The van der Waals surface area contributed by atoms with Gasteiger partial charge in [0.15, 0.2) is 0 Å². The average Bonchev–Trinajstić information content (AvgIpc) is 2.82. The number of hydrogen-bond acceptors (Lipinski definition) is 3. The van der Waals surface area contributed by atoms with Gasteiger partial charge in [0.05, 0.1) is 23.6 Å². The Morgan fingerprint density at radius 1 is 1.03 bits per heavy atom. The van der Waals surface area contributed by atoms with Crippen LogP contribution in [0.15, 0.2) is 77.6 Å². The van der Waals surface area contributed by atoms with Crippen molar-refractivity contribution >= 4 is 16.9 Å². The molecule has 1 aliphatic carbocycles. The number of rotatable bonds is 4. The predicted octanol–water partition coefficient (Wildman–Crippen LogP) is 4.56. The first-order chi connectivity index (χ1) is 15.6. The maximum atomic E-state index is 12.9. The summed E-state index contributed by atoms with van der Waals surface area (Å²) in [5, 5.41) is 3.20. The second-order valence-corrected chi connectivity index (χ2v) is 8.39. The third-order valence-corrected chi connectivity index (χ3v) is 6.25. The van der Waals surface area contributed by atoms with Crippen LogP contribution in [0.3, 0.4) is 0 Å². The molecule has 0 aliphatic heterocycles. The second kappa shape index (κ2) is 8.42. The highest BCUT2D eigenvalue weighted by Gasteiger charge is 2.21. The Morgan fingerprint density at radius 3 is 2.62 bits per heavy atom. The molecule has 5 heteroatoms. The molecule has 1 aromatic heterocycles. The van der Waals surface area contributed by atoms with Gasteiger partial charge < -0.3 is 9.88 Å². The number of hydrogen-bond donors (Lipinski definition) is 1. The van der Waals surface area contributed by atoms with Gasteiger partial charge in [-0.25, -0.2) is 4.98 Å². The Hall–Kier alpha value is -3.73. The lowest BCUT2D eigenvalue weighted by molar-refractivity contribution is 0.0932. The molecule has 0 saturated heterocycles. The molecule has 0 bridgehead atoms. The van der Waals surface area contributed by atoms with Gasteiger partial charge in [0, 0.05) is 5.56 Å². The maximum absolute atomic E-state index is 12.9. The van der Waals surface area contributed by atoms with Crippen molar-refractivity contribution in [2.75, 3.05) is 0 Å². The average molecular weight is 424 g/mol. The van der Waals surface area contributed by atoms with Crippen LogP contribution in [0.25, 0.3) is 11.0 Å². The number of carbonyl (C=O) groups excluding carboxylic acids is 1. The van der Waals surface area contributed by atoms with E-state index in [9.17, 15) is 9.59 Å². The van der Waals surface area contributed by atoms with Crippen LogP contribution in [0, 0.1) is 6.92 Å². The highest BCUT2D eigenvalue weighted by atomic mass is 16.1. The fraction of sp³-hybridized carbons (Fsp3) is 0.222. The molecule has 4 aromatic rings. The summed E-state index contributed by atoms with van der Waals surface area (Å²) < 4.78 is 1.74. The van der Waals surface area contributed by atoms with Crippen LogP contribution in [0.4, 0.5) is 0 Å². The van der Waals surface area contributed by atoms with Crippen molar-refractivity contribution in [3.63, 3.8) is 0 Å². The van der Waals surface area contributed by atoms with Crippen molar-refractivity contribution in [3.8, 4) is 0 Å². The molecule has 1 atom stereocenters. The Kier molecular flexibility index (Phi) is 5.31. The minimum absolute atomic E-state index is 0.0526. The van der Waals surface area contributed by atoms with Gasteiger partial charge in [-0.15, -0.1) is 0 Å². The number of carbonyl (C=O) groups is 1. The molecule has 3 aromatic carbocycles. The molecule has 1 unspecified atom stereocenters. The smallest absolute Gasteiger partial charge is 0.272 e. The van der Waals surface area contributed by atoms with Crippen molar-refractivity contribution < 1.29 is 4.79 Å². The van der Waals surface area contributed by atoms with E-state index in [1.54, 1.807) is 11.5 Å². The lowest BCUT2D eigenvalue weighted by Gasteiger charge is -2.26. The van der Waals surface area contributed by atoms with Crippen LogP contribution in [0.5, 0.6) is 0 Å². The number of nitrogens with one attached hydrogen (secondary N) is 1. The summed E-state index contributed by atoms with van der Waals surface area (Å²) >= 11 is 0. The van der Waals surface area contributed by atoms with Gasteiger partial charge in [-0.05, 0) is 67.1 Å². The van der Waals surface area contributed by atoms with E-state index in [0.29, 0.717) is 17.8 Å². The monoisotopic (exact) mass is 423 g/mol. The van der Waals surface area contributed by atoms with Crippen LogP contribution >= 0.6 is 0 Å². The Balaban J connectivity index is 1.36.